The van der Waals surface area contributed by atoms with Crippen LogP contribution in [0.15, 0.2) is 53.1 Å². The zero-order chi connectivity index (χ0) is 22.1. The molecule has 1 saturated heterocycles. The van der Waals surface area contributed by atoms with Gasteiger partial charge in [-0.1, -0.05) is 16.8 Å². The van der Waals surface area contributed by atoms with Gasteiger partial charge in [0.25, 0.3) is 0 Å². The van der Waals surface area contributed by atoms with E-state index in [4.69, 9.17) is 30.3 Å². The third-order valence-corrected chi connectivity index (χ3v) is 5.60. The van der Waals surface area contributed by atoms with Crippen LogP contribution in [-0.4, -0.2) is 36.8 Å². The van der Waals surface area contributed by atoms with Gasteiger partial charge in [0.05, 0.1) is 5.92 Å². The second-order valence-corrected chi connectivity index (χ2v) is 7.97. The standard InChI is InChI=1S/C23H19ClN2O6/c24-16-2-4-18(5-3-16)26-12-15(10-22(26)27)23(28)31-13-17-11-20(32-25-17)14-1-6-19-21(9-14)30-8-7-29-19/h1-6,9,11,15H,7-8,10,12-13H2. The molecule has 0 N–H and O–H groups in total. The van der Waals surface area contributed by atoms with Gasteiger partial charge in [-0.15, -0.1) is 0 Å². The van der Waals surface area contributed by atoms with Crippen molar-refractivity contribution in [3.63, 3.8) is 0 Å². The number of benzene rings is 2. The van der Waals surface area contributed by atoms with Gasteiger partial charge in [-0.25, -0.2) is 0 Å². The number of amides is 1. The van der Waals surface area contributed by atoms with E-state index in [-0.39, 0.29) is 25.5 Å². The maximum atomic E-state index is 12.5. The van der Waals surface area contributed by atoms with Gasteiger partial charge in [0, 0.05) is 35.3 Å². The highest BCUT2D eigenvalue weighted by Gasteiger charge is 2.36. The van der Waals surface area contributed by atoms with E-state index < -0.39 is 11.9 Å². The van der Waals surface area contributed by atoms with Gasteiger partial charge in [0.1, 0.15) is 25.5 Å². The molecule has 3 heterocycles. The van der Waals surface area contributed by atoms with E-state index in [0.29, 0.717) is 46.9 Å². The van der Waals surface area contributed by atoms with Crippen molar-refractivity contribution < 1.29 is 28.3 Å². The molecule has 1 unspecified atom stereocenters. The molecule has 32 heavy (non-hydrogen) atoms. The normalized spacial score (nSPS) is 17.5. The molecule has 2 aliphatic heterocycles. The summed E-state index contributed by atoms with van der Waals surface area (Å²) >= 11 is 5.90. The SMILES string of the molecule is O=C(OCc1cc(-c2ccc3c(c2)OCCO3)on1)C1CC(=O)N(c2ccc(Cl)cc2)C1. The van der Waals surface area contributed by atoms with E-state index in [1.807, 2.05) is 18.2 Å². The zero-order valence-corrected chi connectivity index (χ0v) is 17.7. The van der Waals surface area contributed by atoms with Crippen LogP contribution in [0.2, 0.25) is 5.02 Å². The molecule has 1 atom stereocenters. The quantitative estimate of drug-likeness (QED) is 0.540. The van der Waals surface area contributed by atoms with Crippen LogP contribution in [0.3, 0.4) is 0 Å². The summed E-state index contributed by atoms with van der Waals surface area (Å²) < 4.78 is 21.9. The summed E-state index contributed by atoms with van der Waals surface area (Å²) in [6.45, 7) is 1.24. The fraction of sp³-hybridized carbons (Fsp3) is 0.261. The highest BCUT2D eigenvalue weighted by Crippen LogP contribution is 2.35. The van der Waals surface area contributed by atoms with Crippen molar-refractivity contribution in [1.29, 1.82) is 0 Å². The van der Waals surface area contributed by atoms with Crippen molar-refractivity contribution in [3.8, 4) is 22.8 Å². The smallest absolute Gasteiger partial charge is 0.311 e. The highest BCUT2D eigenvalue weighted by molar-refractivity contribution is 6.30. The van der Waals surface area contributed by atoms with Gasteiger partial charge in [0.2, 0.25) is 5.91 Å². The van der Waals surface area contributed by atoms with Crippen LogP contribution in [0.4, 0.5) is 5.69 Å². The number of carbonyl (C=O) groups is 2. The van der Waals surface area contributed by atoms with Crippen LogP contribution >= 0.6 is 11.6 Å². The maximum Gasteiger partial charge on any atom is 0.311 e. The van der Waals surface area contributed by atoms with Gasteiger partial charge in [-0.3, -0.25) is 9.59 Å². The lowest BCUT2D eigenvalue weighted by Gasteiger charge is -2.18. The third-order valence-electron chi connectivity index (χ3n) is 5.34. The van der Waals surface area contributed by atoms with Crippen molar-refractivity contribution in [2.75, 3.05) is 24.7 Å². The zero-order valence-electron chi connectivity index (χ0n) is 17.0. The van der Waals surface area contributed by atoms with Crippen LogP contribution in [0, 0.1) is 5.92 Å². The summed E-state index contributed by atoms with van der Waals surface area (Å²) in [7, 11) is 0. The van der Waals surface area contributed by atoms with E-state index in [2.05, 4.69) is 5.16 Å². The molecule has 2 aliphatic rings. The molecule has 3 aromatic rings. The van der Waals surface area contributed by atoms with Crippen molar-refractivity contribution >= 4 is 29.2 Å². The number of ether oxygens (including phenoxy) is 3. The Bertz CT molecular complexity index is 1160. The number of halogens is 1. The predicted molar refractivity (Wildman–Crippen MR) is 115 cm³/mol. The molecule has 9 heteroatoms. The van der Waals surface area contributed by atoms with Gasteiger partial charge < -0.3 is 23.6 Å². The third kappa shape index (κ3) is 4.13. The number of rotatable bonds is 5. The second kappa shape index (κ2) is 8.55. The highest BCUT2D eigenvalue weighted by atomic mass is 35.5. The number of fused-ring (bicyclic) bond motifs is 1. The van der Waals surface area contributed by atoms with Gasteiger partial charge in [-0.2, -0.15) is 0 Å². The summed E-state index contributed by atoms with van der Waals surface area (Å²) in [5.74, 6) is 0.748. The molecular weight excluding hydrogens is 436 g/mol. The number of nitrogens with zero attached hydrogens (tertiary/aromatic N) is 2. The van der Waals surface area contributed by atoms with Crippen LogP contribution in [0.25, 0.3) is 11.3 Å². The van der Waals surface area contributed by atoms with Crippen molar-refractivity contribution in [2.45, 2.75) is 13.0 Å². The first kappa shape index (κ1) is 20.4. The minimum atomic E-state index is -0.539. The summed E-state index contributed by atoms with van der Waals surface area (Å²) in [4.78, 5) is 26.4. The molecular formula is C23H19ClN2O6. The van der Waals surface area contributed by atoms with E-state index >= 15 is 0 Å². The van der Waals surface area contributed by atoms with E-state index in [9.17, 15) is 9.59 Å². The van der Waals surface area contributed by atoms with Crippen molar-refractivity contribution in [1.82, 2.24) is 5.16 Å². The number of anilines is 1. The monoisotopic (exact) mass is 454 g/mol. The molecule has 0 radical (unpaired) electrons. The number of hydrogen-bond acceptors (Lipinski definition) is 7. The summed E-state index contributed by atoms with van der Waals surface area (Å²) in [6, 6.07) is 14.1. The Kier molecular flexibility index (Phi) is 5.45. The lowest BCUT2D eigenvalue weighted by molar-refractivity contribution is -0.149. The molecule has 2 aromatic carbocycles. The average Bonchev–Trinajstić information content (AvgIpc) is 3.45. The first-order chi connectivity index (χ1) is 15.6. The number of aromatic nitrogens is 1. The van der Waals surface area contributed by atoms with Crippen LogP contribution in [-0.2, 0) is 20.9 Å². The lowest BCUT2D eigenvalue weighted by Crippen LogP contribution is -2.26. The molecule has 1 amide bonds. The minimum Gasteiger partial charge on any atom is -0.486 e. The Hall–Kier alpha value is -3.52. The molecule has 1 aromatic heterocycles. The minimum absolute atomic E-state index is 0.0431. The number of carbonyl (C=O) groups excluding carboxylic acids is 2. The fourth-order valence-corrected chi connectivity index (χ4v) is 3.84. The maximum absolute atomic E-state index is 12.5. The van der Waals surface area contributed by atoms with E-state index in [0.717, 1.165) is 5.56 Å². The molecule has 0 aliphatic carbocycles. The molecule has 0 bridgehead atoms. The van der Waals surface area contributed by atoms with E-state index in [1.165, 1.54) is 0 Å². The number of esters is 1. The largest absolute Gasteiger partial charge is 0.486 e. The van der Waals surface area contributed by atoms with Crippen molar-refractivity contribution in [3.05, 3.63) is 59.2 Å². The Balaban J connectivity index is 1.19. The summed E-state index contributed by atoms with van der Waals surface area (Å²) in [5.41, 5.74) is 1.96. The Morgan fingerprint density at radius 1 is 1.09 bits per heavy atom. The molecule has 8 nitrogen and oxygen atoms in total. The topological polar surface area (TPSA) is 91.1 Å². The molecule has 5 rings (SSSR count). The van der Waals surface area contributed by atoms with Crippen LogP contribution < -0.4 is 14.4 Å². The summed E-state index contributed by atoms with van der Waals surface area (Å²) in [6.07, 6.45) is 0.0999. The first-order valence-corrected chi connectivity index (χ1v) is 10.5. The Morgan fingerprint density at radius 2 is 1.88 bits per heavy atom. The molecule has 0 spiro atoms. The van der Waals surface area contributed by atoms with Crippen molar-refractivity contribution in [2.24, 2.45) is 5.92 Å². The Labute approximate surface area is 188 Å². The molecule has 1 fully saturated rings. The van der Waals surface area contributed by atoms with Crippen LogP contribution in [0.5, 0.6) is 11.5 Å². The van der Waals surface area contributed by atoms with Gasteiger partial charge in [-0.05, 0) is 42.5 Å². The Morgan fingerprint density at radius 3 is 2.69 bits per heavy atom. The van der Waals surface area contributed by atoms with Gasteiger partial charge in [0.15, 0.2) is 17.3 Å². The molecule has 0 saturated carbocycles. The second-order valence-electron chi connectivity index (χ2n) is 7.53. The average molecular weight is 455 g/mol. The lowest BCUT2D eigenvalue weighted by atomic mass is 10.1. The number of hydrogen-bond donors (Lipinski definition) is 0. The first-order valence-electron chi connectivity index (χ1n) is 10.1. The molecule has 164 valence electrons. The van der Waals surface area contributed by atoms with Gasteiger partial charge >= 0.3 is 5.97 Å². The fourth-order valence-electron chi connectivity index (χ4n) is 3.71. The predicted octanol–water partition coefficient (Wildman–Crippen LogP) is 3.86. The summed E-state index contributed by atoms with van der Waals surface area (Å²) in [5, 5.41) is 4.56. The van der Waals surface area contributed by atoms with Crippen LogP contribution in [0.1, 0.15) is 12.1 Å². The van der Waals surface area contributed by atoms with E-state index in [1.54, 1.807) is 35.2 Å².